The zero-order valence-electron chi connectivity index (χ0n) is 16.1. The monoisotopic (exact) mass is 381 g/mol. The van der Waals surface area contributed by atoms with E-state index in [1.165, 1.54) is 17.3 Å². The lowest BCUT2D eigenvalue weighted by Gasteiger charge is -2.16. The second kappa shape index (κ2) is 7.92. The van der Waals surface area contributed by atoms with Gasteiger partial charge in [0, 0.05) is 5.69 Å². The minimum atomic E-state index is -0.347. The topological polar surface area (TPSA) is 72.7 Å². The van der Waals surface area contributed by atoms with E-state index in [4.69, 9.17) is 0 Å². The van der Waals surface area contributed by atoms with Crippen molar-refractivity contribution in [1.29, 1.82) is 0 Å². The molecule has 0 saturated carbocycles. The first-order valence-corrected chi connectivity index (χ1v) is 9.64. The maximum atomic E-state index is 12.7. The normalized spacial score (nSPS) is 12.0. The van der Waals surface area contributed by atoms with Gasteiger partial charge in [-0.2, -0.15) is 4.68 Å². The summed E-state index contributed by atoms with van der Waals surface area (Å²) in [6.45, 7) is 9.94. The van der Waals surface area contributed by atoms with E-state index in [0.717, 1.165) is 28.1 Å². The van der Waals surface area contributed by atoms with Crippen LogP contribution < -0.4 is 5.32 Å². The third kappa shape index (κ3) is 4.36. The molecule has 0 aliphatic rings. The van der Waals surface area contributed by atoms with Gasteiger partial charge in [0.1, 0.15) is 0 Å². The van der Waals surface area contributed by atoms with Crippen LogP contribution in [0.25, 0.3) is 5.69 Å². The molecule has 2 aromatic carbocycles. The van der Waals surface area contributed by atoms with Crippen LogP contribution in [0.3, 0.4) is 0 Å². The molecular formula is C20H23N5OS. The van der Waals surface area contributed by atoms with Crippen molar-refractivity contribution in [2.45, 2.75) is 45.0 Å². The first-order valence-electron chi connectivity index (χ1n) is 8.76. The van der Waals surface area contributed by atoms with Crippen molar-refractivity contribution in [2.75, 3.05) is 5.32 Å². The average molecular weight is 382 g/mol. The number of hydrogen-bond donors (Lipinski definition) is 1. The molecule has 3 aromatic rings. The highest BCUT2D eigenvalue weighted by Gasteiger charge is 2.20. The Hall–Kier alpha value is -2.67. The van der Waals surface area contributed by atoms with Crippen LogP contribution in [0.4, 0.5) is 5.69 Å². The summed E-state index contributed by atoms with van der Waals surface area (Å²) in [5, 5.41) is 15.2. The Kier molecular flexibility index (Phi) is 5.60. The van der Waals surface area contributed by atoms with Crippen LogP contribution in [-0.2, 0) is 4.79 Å². The number of aryl methyl sites for hydroxylation is 4. The smallest absolute Gasteiger partial charge is 0.237 e. The third-order valence-electron chi connectivity index (χ3n) is 4.30. The molecule has 140 valence electrons. The first-order chi connectivity index (χ1) is 12.8. The van der Waals surface area contributed by atoms with Crippen LogP contribution in [0, 0.1) is 27.7 Å². The Balaban J connectivity index is 1.75. The van der Waals surface area contributed by atoms with Crippen LogP contribution in [0.15, 0.2) is 41.6 Å². The number of hydrogen-bond acceptors (Lipinski definition) is 5. The van der Waals surface area contributed by atoms with Crippen LogP contribution >= 0.6 is 11.8 Å². The van der Waals surface area contributed by atoms with Crippen molar-refractivity contribution >= 4 is 23.4 Å². The summed E-state index contributed by atoms with van der Waals surface area (Å²) >= 11 is 1.33. The molecule has 0 aliphatic carbocycles. The maximum Gasteiger partial charge on any atom is 0.237 e. The molecule has 0 bridgehead atoms. The number of nitrogens with one attached hydrogen (secondary N) is 1. The fourth-order valence-corrected chi connectivity index (χ4v) is 3.72. The Morgan fingerprint density at radius 1 is 1.04 bits per heavy atom. The van der Waals surface area contributed by atoms with Crippen LogP contribution in [0.1, 0.15) is 29.2 Å². The van der Waals surface area contributed by atoms with Crippen molar-refractivity contribution in [3.05, 3.63) is 58.7 Å². The van der Waals surface area contributed by atoms with E-state index >= 15 is 0 Å². The van der Waals surface area contributed by atoms with Gasteiger partial charge in [0.2, 0.25) is 11.1 Å². The van der Waals surface area contributed by atoms with E-state index in [2.05, 4.69) is 39.9 Å². The summed E-state index contributed by atoms with van der Waals surface area (Å²) < 4.78 is 1.65. The fourth-order valence-electron chi connectivity index (χ4n) is 2.91. The number of nitrogens with zero attached hydrogens (tertiary/aromatic N) is 4. The molecule has 0 spiro atoms. The van der Waals surface area contributed by atoms with E-state index in [9.17, 15) is 4.79 Å². The highest BCUT2D eigenvalue weighted by atomic mass is 32.2. The maximum absolute atomic E-state index is 12.7. The van der Waals surface area contributed by atoms with E-state index in [0.29, 0.717) is 5.16 Å². The number of carbonyl (C=O) groups excluding carboxylic acids is 1. The zero-order chi connectivity index (χ0) is 19.6. The van der Waals surface area contributed by atoms with Gasteiger partial charge in [-0.05, 0) is 68.3 Å². The standard InChI is InChI=1S/C20H23N5OS/c1-12-6-8-17(9-7-12)25-20(22-23-24-25)27-16(5)19(26)21-18-14(3)10-13(2)11-15(18)4/h6-11,16H,1-5H3,(H,21,26)/t16-/m1/s1. The summed E-state index contributed by atoms with van der Waals surface area (Å²) in [6.07, 6.45) is 0. The van der Waals surface area contributed by atoms with Crippen LogP contribution in [-0.4, -0.2) is 31.4 Å². The number of carbonyl (C=O) groups is 1. The highest BCUT2D eigenvalue weighted by molar-refractivity contribution is 8.00. The number of rotatable bonds is 5. The van der Waals surface area contributed by atoms with E-state index in [-0.39, 0.29) is 11.2 Å². The largest absolute Gasteiger partial charge is 0.325 e. The molecule has 0 aliphatic heterocycles. The summed E-state index contributed by atoms with van der Waals surface area (Å²) in [5.41, 5.74) is 6.20. The molecule has 1 N–H and O–H groups in total. The molecule has 1 amide bonds. The van der Waals surface area contributed by atoms with Gasteiger partial charge in [-0.3, -0.25) is 4.79 Å². The van der Waals surface area contributed by atoms with Crippen molar-refractivity contribution < 1.29 is 4.79 Å². The molecule has 0 unspecified atom stereocenters. The number of tetrazole rings is 1. The molecule has 1 heterocycles. The van der Waals surface area contributed by atoms with Gasteiger partial charge in [-0.25, -0.2) is 0 Å². The predicted molar refractivity (Wildman–Crippen MR) is 108 cm³/mol. The summed E-state index contributed by atoms with van der Waals surface area (Å²) in [5.74, 6) is -0.0755. The Labute approximate surface area is 163 Å². The molecule has 0 radical (unpaired) electrons. The van der Waals surface area contributed by atoms with E-state index in [1.54, 1.807) is 4.68 Å². The number of thioether (sulfide) groups is 1. The van der Waals surface area contributed by atoms with Crippen molar-refractivity contribution in [3.63, 3.8) is 0 Å². The van der Waals surface area contributed by atoms with E-state index < -0.39 is 0 Å². The number of aromatic nitrogens is 4. The van der Waals surface area contributed by atoms with Crippen molar-refractivity contribution in [3.8, 4) is 5.69 Å². The third-order valence-corrected chi connectivity index (χ3v) is 5.33. The number of amides is 1. The minimum Gasteiger partial charge on any atom is -0.325 e. The van der Waals surface area contributed by atoms with Gasteiger partial charge >= 0.3 is 0 Å². The first kappa shape index (κ1) is 19.1. The van der Waals surface area contributed by atoms with Gasteiger partial charge in [0.15, 0.2) is 0 Å². The lowest BCUT2D eigenvalue weighted by Crippen LogP contribution is -2.24. The minimum absolute atomic E-state index is 0.0755. The van der Waals surface area contributed by atoms with Gasteiger partial charge < -0.3 is 5.32 Å². The molecule has 27 heavy (non-hydrogen) atoms. The Morgan fingerprint density at radius 2 is 1.67 bits per heavy atom. The second-order valence-electron chi connectivity index (χ2n) is 6.73. The number of anilines is 1. The molecule has 1 aromatic heterocycles. The molecule has 0 saturated heterocycles. The Bertz CT molecular complexity index is 942. The quantitative estimate of drug-likeness (QED) is 0.676. The highest BCUT2D eigenvalue weighted by Crippen LogP contribution is 2.26. The van der Waals surface area contributed by atoms with Gasteiger partial charge in [-0.1, -0.05) is 47.2 Å². The lowest BCUT2D eigenvalue weighted by atomic mass is 10.1. The molecule has 1 atom stereocenters. The Morgan fingerprint density at radius 3 is 2.30 bits per heavy atom. The predicted octanol–water partition coefficient (Wildman–Crippen LogP) is 4.02. The summed E-state index contributed by atoms with van der Waals surface area (Å²) in [4.78, 5) is 12.7. The molecular weight excluding hydrogens is 358 g/mol. The fraction of sp³-hybridized carbons (Fsp3) is 0.300. The van der Waals surface area contributed by atoms with Crippen LogP contribution in [0.2, 0.25) is 0 Å². The SMILES string of the molecule is Cc1ccc(-n2nnnc2S[C@H](C)C(=O)Nc2c(C)cc(C)cc2C)cc1. The molecule has 3 rings (SSSR count). The summed E-state index contributed by atoms with van der Waals surface area (Å²) in [6, 6.07) is 12.1. The van der Waals surface area contributed by atoms with Crippen LogP contribution in [0.5, 0.6) is 0 Å². The second-order valence-corrected chi connectivity index (χ2v) is 8.04. The van der Waals surface area contributed by atoms with E-state index in [1.807, 2.05) is 52.0 Å². The van der Waals surface area contributed by atoms with Gasteiger partial charge in [0.05, 0.1) is 10.9 Å². The van der Waals surface area contributed by atoms with Crippen molar-refractivity contribution in [1.82, 2.24) is 20.2 Å². The molecule has 0 fully saturated rings. The molecule has 7 heteroatoms. The van der Waals surface area contributed by atoms with Gasteiger partial charge in [-0.15, -0.1) is 5.10 Å². The lowest BCUT2D eigenvalue weighted by molar-refractivity contribution is -0.115. The number of benzene rings is 2. The zero-order valence-corrected chi connectivity index (χ0v) is 17.0. The molecule has 6 nitrogen and oxygen atoms in total. The van der Waals surface area contributed by atoms with Gasteiger partial charge in [0.25, 0.3) is 0 Å². The summed E-state index contributed by atoms with van der Waals surface area (Å²) in [7, 11) is 0. The average Bonchev–Trinajstić information content (AvgIpc) is 3.06. The van der Waals surface area contributed by atoms with Crippen molar-refractivity contribution in [2.24, 2.45) is 0 Å².